The van der Waals surface area contributed by atoms with E-state index in [-0.39, 0.29) is 0 Å². The number of benzene rings is 1. The molecular weight excluding hydrogens is 354 g/mol. The molecule has 5 N–H and O–H groups in total. The average Bonchev–Trinajstić information content (AvgIpc) is 3.39. The molecule has 1 aliphatic carbocycles. The molecule has 0 unspecified atom stereocenters. The molecule has 0 radical (unpaired) electrons. The van der Waals surface area contributed by atoms with Crippen LogP contribution in [0.2, 0.25) is 0 Å². The van der Waals surface area contributed by atoms with Gasteiger partial charge in [-0.05, 0) is 45.2 Å². The quantitative estimate of drug-likeness (QED) is 0.465. The van der Waals surface area contributed by atoms with Crippen molar-refractivity contribution in [1.82, 2.24) is 19.5 Å². The van der Waals surface area contributed by atoms with Gasteiger partial charge in [0.2, 0.25) is 5.95 Å². The third kappa shape index (κ3) is 4.01. The predicted octanol–water partition coefficient (Wildman–Crippen LogP) is 2.85. The molecule has 28 heavy (non-hydrogen) atoms. The van der Waals surface area contributed by atoms with Crippen molar-refractivity contribution < 1.29 is 5.11 Å². The number of nitrogens with zero attached hydrogens (tertiary/aromatic N) is 4. The lowest BCUT2D eigenvalue weighted by Crippen LogP contribution is -2.30. The van der Waals surface area contributed by atoms with Gasteiger partial charge in [0.05, 0.1) is 11.9 Å². The van der Waals surface area contributed by atoms with E-state index >= 15 is 0 Å². The Hall–Kier alpha value is -2.87. The number of anilines is 3. The fourth-order valence-electron chi connectivity index (χ4n) is 3.10. The molecule has 0 saturated heterocycles. The highest BCUT2D eigenvalue weighted by Crippen LogP contribution is 2.37. The lowest BCUT2D eigenvalue weighted by atomic mass is 10.1. The maximum absolute atomic E-state index is 10.0. The molecule has 3 aromatic rings. The van der Waals surface area contributed by atoms with E-state index in [1.165, 1.54) is 0 Å². The van der Waals surface area contributed by atoms with Crippen molar-refractivity contribution in [2.24, 2.45) is 0 Å². The smallest absolute Gasteiger partial charge is 0.226 e. The van der Waals surface area contributed by atoms with Gasteiger partial charge >= 0.3 is 0 Å². The first-order valence-corrected chi connectivity index (χ1v) is 9.60. The van der Waals surface area contributed by atoms with Crippen LogP contribution in [0.15, 0.2) is 24.5 Å². The van der Waals surface area contributed by atoms with E-state index in [1.54, 1.807) is 13.8 Å². The maximum Gasteiger partial charge on any atom is 0.226 e. The molecule has 0 bridgehead atoms. The van der Waals surface area contributed by atoms with Gasteiger partial charge in [-0.25, -0.2) is 4.98 Å². The maximum atomic E-state index is 10.0. The van der Waals surface area contributed by atoms with E-state index in [0.717, 1.165) is 40.8 Å². The number of imidazole rings is 1. The minimum absolute atomic E-state index is 0.348. The Labute approximate surface area is 164 Å². The summed E-state index contributed by atoms with van der Waals surface area (Å²) in [5.74, 6) is 1.13. The van der Waals surface area contributed by atoms with Crippen molar-refractivity contribution >= 4 is 28.6 Å². The minimum Gasteiger partial charge on any atom is -0.398 e. The molecule has 0 spiro atoms. The second kappa shape index (κ2) is 6.94. The number of aliphatic hydroxyl groups is 1. The van der Waals surface area contributed by atoms with Gasteiger partial charge in [0.1, 0.15) is 0 Å². The molecule has 0 amide bonds. The third-order valence-corrected chi connectivity index (χ3v) is 4.79. The third-order valence-electron chi connectivity index (χ3n) is 4.79. The van der Waals surface area contributed by atoms with Gasteiger partial charge in [0, 0.05) is 24.8 Å². The van der Waals surface area contributed by atoms with E-state index in [2.05, 4.69) is 36.2 Å². The summed E-state index contributed by atoms with van der Waals surface area (Å²) in [6.07, 6.45) is 4.12. The Morgan fingerprint density at radius 3 is 2.75 bits per heavy atom. The first-order valence-electron chi connectivity index (χ1n) is 9.60. The second-order valence-corrected chi connectivity index (χ2v) is 8.17. The number of nitrogens with two attached hydrogens (primary N) is 1. The van der Waals surface area contributed by atoms with Gasteiger partial charge in [0.25, 0.3) is 0 Å². The molecule has 2 aromatic heterocycles. The summed E-state index contributed by atoms with van der Waals surface area (Å²) in [4.78, 5) is 13.8. The summed E-state index contributed by atoms with van der Waals surface area (Å²) in [6.45, 7) is 6.42. The Morgan fingerprint density at radius 1 is 1.25 bits per heavy atom. The molecule has 1 aromatic carbocycles. The molecule has 1 aliphatic rings. The number of hydrogen-bond acceptors (Lipinski definition) is 7. The number of nitrogen functional groups attached to an aromatic ring is 1. The first-order chi connectivity index (χ1) is 13.3. The summed E-state index contributed by atoms with van der Waals surface area (Å²) in [7, 11) is 0. The van der Waals surface area contributed by atoms with E-state index in [9.17, 15) is 5.11 Å². The van der Waals surface area contributed by atoms with Gasteiger partial charge in [-0.1, -0.05) is 17.7 Å². The van der Waals surface area contributed by atoms with Crippen molar-refractivity contribution in [2.45, 2.75) is 51.8 Å². The fraction of sp³-hybridized carbons (Fsp3) is 0.450. The van der Waals surface area contributed by atoms with Crippen LogP contribution in [-0.4, -0.2) is 36.8 Å². The summed E-state index contributed by atoms with van der Waals surface area (Å²) in [5.41, 5.74) is 9.71. The van der Waals surface area contributed by atoms with Gasteiger partial charge in [-0.3, -0.25) is 0 Å². The molecule has 8 heteroatoms. The lowest BCUT2D eigenvalue weighted by molar-refractivity contribution is 0.0943. The normalized spacial score (nSPS) is 14.4. The predicted molar refractivity (Wildman–Crippen MR) is 111 cm³/mol. The van der Waals surface area contributed by atoms with E-state index < -0.39 is 5.60 Å². The number of aromatic nitrogens is 4. The zero-order valence-electron chi connectivity index (χ0n) is 16.5. The number of hydrogen-bond donors (Lipinski definition) is 4. The molecule has 1 fully saturated rings. The van der Waals surface area contributed by atoms with Gasteiger partial charge < -0.3 is 26.0 Å². The molecule has 0 aliphatic heterocycles. The monoisotopic (exact) mass is 381 g/mol. The lowest BCUT2D eigenvalue weighted by Gasteiger charge is -2.18. The first kappa shape index (κ1) is 18.5. The summed E-state index contributed by atoms with van der Waals surface area (Å²) in [6, 6.07) is 6.44. The largest absolute Gasteiger partial charge is 0.398 e. The Balaban J connectivity index is 1.66. The van der Waals surface area contributed by atoms with Crippen molar-refractivity contribution in [1.29, 1.82) is 0 Å². The fourth-order valence-corrected chi connectivity index (χ4v) is 3.10. The van der Waals surface area contributed by atoms with Crippen LogP contribution < -0.4 is 16.4 Å². The van der Waals surface area contributed by atoms with Crippen LogP contribution in [0.5, 0.6) is 0 Å². The molecule has 148 valence electrons. The van der Waals surface area contributed by atoms with Gasteiger partial charge in [-0.15, -0.1) is 0 Å². The average molecular weight is 381 g/mol. The molecule has 4 rings (SSSR count). The molecule has 8 nitrogen and oxygen atoms in total. The van der Waals surface area contributed by atoms with Crippen molar-refractivity contribution in [3.05, 3.63) is 35.7 Å². The van der Waals surface area contributed by atoms with Crippen molar-refractivity contribution in [3.8, 4) is 0 Å². The highest BCUT2D eigenvalue weighted by Gasteiger charge is 2.27. The highest BCUT2D eigenvalue weighted by atomic mass is 16.3. The molecule has 1 saturated carbocycles. The minimum atomic E-state index is -0.862. The van der Waals surface area contributed by atoms with E-state index in [1.807, 2.05) is 25.4 Å². The Bertz CT molecular complexity index is 1000. The highest BCUT2D eigenvalue weighted by molar-refractivity contribution is 5.84. The Kier molecular flexibility index (Phi) is 4.58. The number of nitrogens with one attached hydrogen (secondary N) is 2. The topological polar surface area (TPSA) is 114 Å². The summed E-state index contributed by atoms with van der Waals surface area (Å²) in [5, 5.41) is 16.5. The van der Waals surface area contributed by atoms with Crippen LogP contribution in [-0.2, 0) is 6.54 Å². The standard InChI is InChI=1S/C20H27N7O/c1-12-4-7-15(21)13(8-12)9-22-17-16-18(27(11-24-16)14-5-6-14)26-19(25-17)23-10-20(2,3)28/h4,7-8,11,14,28H,5-6,9-10,21H2,1-3H3,(H2,22,23,25,26). The van der Waals surface area contributed by atoms with Crippen LogP contribution in [0.25, 0.3) is 11.2 Å². The van der Waals surface area contributed by atoms with Gasteiger partial charge in [0.15, 0.2) is 17.0 Å². The Morgan fingerprint density at radius 2 is 2.04 bits per heavy atom. The van der Waals surface area contributed by atoms with Crippen LogP contribution in [0.1, 0.15) is 43.9 Å². The number of rotatable bonds is 7. The zero-order chi connectivity index (χ0) is 19.9. The van der Waals surface area contributed by atoms with E-state index in [4.69, 9.17) is 5.73 Å². The summed E-state index contributed by atoms with van der Waals surface area (Å²) >= 11 is 0. The van der Waals surface area contributed by atoms with Crippen LogP contribution in [0.3, 0.4) is 0 Å². The van der Waals surface area contributed by atoms with E-state index in [0.29, 0.717) is 30.9 Å². The van der Waals surface area contributed by atoms with Crippen LogP contribution in [0.4, 0.5) is 17.5 Å². The summed E-state index contributed by atoms with van der Waals surface area (Å²) < 4.78 is 2.11. The molecule has 0 atom stereocenters. The van der Waals surface area contributed by atoms with Gasteiger partial charge in [-0.2, -0.15) is 9.97 Å². The number of fused-ring (bicyclic) bond motifs is 1. The second-order valence-electron chi connectivity index (χ2n) is 8.17. The van der Waals surface area contributed by atoms with Crippen LogP contribution in [0, 0.1) is 6.92 Å². The SMILES string of the molecule is Cc1ccc(N)c(CNc2nc(NCC(C)(C)O)nc3c2ncn3C2CC2)c1. The zero-order valence-corrected chi connectivity index (χ0v) is 16.5. The molecular formula is C20H27N7O. The van der Waals surface area contributed by atoms with Crippen molar-refractivity contribution in [3.63, 3.8) is 0 Å². The number of aryl methyl sites for hydroxylation is 1. The van der Waals surface area contributed by atoms with Crippen LogP contribution >= 0.6 is 0 Å². The van der Waals surface area contributed by atoms with Crippen molar-refractivity contribution in [2.75, 3.05) is 22.9 Å². The molecule has 2 heterocycles.